The molecule has 0 aromatic rings. The number of hydrogen-bond acceptors (Lipinski definition) is 4. The van der Waals surface area contributed by atoms with Crippen molar-refractivity contribution in [2.24, 2.45) is 0 Å². The minimum Gasteiger partial charge on any atom is -0.219 e. The molecule has 0 aliphatic carbocycles. The van der Waals surface area contributed by atoms with Crippen LogP contribution in [-0.4, -0.2) is 11.9 Å². The lowest BCUT2D eigenvalue weighted by Gasteiger charge is -1.88. The molecular weight excluding hydrogens is 100 g/mol. The quantitative estimate of drug-likeness (QED) is 0.236. The van der Waals surface area contributed by atoms with Gasteiger partial charge in [0, 0.05) is 0 Å². The van der Waals surface area contributed by atoms with Gasteiger partial charge in [-0.3, -0.25) is 0 Å². The maximum absolute atomic E-state index is 7.38. The molecule has 0 spiro atoms. The highest BCUT2D eigenvalue weighted by Crippen LogP contribution is 1.72. The molecule has 0 unspecified atom stereocenters. The van der Waals surface area contributed by atoms with Gasteiger partial charge in [-0.05, 0) is 10.1 Å². The average molecular weight is 104 g/mol. The van der Waals surface area contributed by atoms with Gasteiger partial charge in [-0.2, -0.15) is 4.89 Å². The summed E-state index contributed by atoms with van der Waals surface area (Å²) in [6.07, 6.45) is 4.68. The molecule has 7 heavy (non-hydrogen) atoms. The van der Waals surface area contributed by atoms with Crippen molar-refractivity contribution >= 4 is 0 Å². The van der Waals surface area contributed by atoms with Gasteiger partial charge in [0.2, 0.25) is 0 Å². The lowest BCUT2D eigenvalue weighted by atomic mass is 10.8. The van der Waals surface area contributed by atoms with Crippen LogP contribution in [-0.2, 0) is 15.0 Å². The standard InChI is InChI=1S/C3H4O4/c1-2-3-5-7-6-4/h1,4H,3H2. The van der Waals surface area contributed by atoms with E-state index < -0.39 is 0 Å². The fourth-order valence-corrected chi connectivity index (χ4v) is 0.0796. The molecule has 0 atom stereocenters. The van der Waals surface area contributed by atoms with E-state index in [1.165, 1.54) is 0 Å². The topological polar surface area (TPSA) is 47.9 Å². The molecule has 0 saturated carbocycles. The van der Waals surface area contributed by atoms with Gasteiger partial charge < -0.3 is 0 Å². The van der Waals surface area contributed by atoms with Crippen molar-refractivity contribution in [1.29, 1.82) is 0 Å². The second kappa shape index (κ2) is 5.40. The van der Waals surface area contributed by atoms with Crippen molar-refractivity contribution in [3.63, 3.8) is 0 Å². The molecule has 0 aromatic carbocycles. The summed E-state index contributed by atoms with van der Waals surface area (Å²) in [7, 11) is 0. The molecule has 0 bridgehead atoms. The minimum atomic E-state index is -0.0550. The summed E-state index contributed by atoms with van der Waals surface area (Å²) >= 11 is 0. The number of rotatable bonds is 3. The molecule has 0 aliphatic rings. The second-order valence-electron chi connectivity index (χ2n) is 0.609. The smallest absolute Gasteiger partial charge is 0.146 e. The molecule has 40 valence electrons. The monoisotopic (exact) mass is 104 g/mol. The Kier molecular flexibility index (Phi) is 4.94. The van der Waals surface area contributed by atoms with Gasteiger partial charge in [-0.15, -0.1) is 6.42 Å². The molecule has 1 N–H and O–H groups in total. The van der Waals surface area contributed by atoms with E-state index in [9.17, 15) is 0 Å². The summed E-state index contributed by atoms with van der Waals surface area (Å²) in [6, 6.07) is 0. The third-order valence-electron chi connectivity index (χ3n) is 0.221. The summed E-state index contributed by atoms with van der Waals surface area (Å²) in [4.78, 5) is 3.92. The van der Waals surface area contributed by atoms with Gasteiger partial charge in [-0.25, -0.2) is 5.26 Å². The SMILES string of the molecule is C#CCOOOO. The molecule has 0 aromatic heterocycles. The zero-order valence-corrected chi connectivity index (χ0v) is 3.46. The third kappa shape index (κ3) is 5.40. The summed E-state index contributed by atoms with van der Waals surface area (Å²) in [5.74, 6) is 2.06. The Labute approximate surface area is 40.4 Å². The predicted molar refractivity (Wildman–Crippen MR) is 19.6 cm³/mol. The molecular formula is C3H4O4. The Morgan fingerprint density at radius 3 is 2.86 bits per heavy atom. The summed E-state index contributed by atoms with van der Waals surface area (Å²) in [5, 5.41) is 13.9. The van der Waals surface area contributed by atoms with Gasteiger partial charge in [0.15, 0.2) is 0 Å². The van der Waals surface area contributed by atoms with E-state index in [0.717, 1.165) is 0 Å². The van der Waals surface area contributed by atoms with E-state index in [4.69, 9.17) is 5.26 Å². The molecule has 0 radical (unpaired) electrons. The van der Waals surface area contributed by atoms with Crippen LogP contribution in [0.2, 0.25) is 0 Å². The highest BCUT2D eigenvalue weighted by Gasteiger charge is 1.77. The van der Waals surface area contributed by atoms with Crippen molar-refractivity contribution in [3.8, 4) is 12.3 Å². The van der Waals surface area contributed by atoms with Crippen molar-refractivity contribution in [1.82, 2.24) is 0 Å². The van der Waals surface area contributed by atoms with Gasteiger partial charge in [0.1, 0.15) is 6.61 Å². The molecule has 4 nitrogen and oxygen atoms in total. The van der Waals surface area contributed by atoms with Crippen molar-refractivity contribution in [2.75, 3.05) is 6.61 Å². The van der Waals surface area contributed by atoms with Crippen LogP contribution in [0.25, 0.3) is 0 Å². The zero-order valence-electron chi connectivity index (χ0n) is 3.46. The van der Waals surface area contributed by atoms with Gasteiger partial charge in [0.25, 0.3) is 0 Å². The van der Waals surface area contributed by atoms with E-state index >= 15 is 0 Å². The Hall–Kier alpha value is -0.600. The normalized spacial score (nSPS) is 8.00. The lowest BCUT2D eigenvalue weighted by molar-refractivity contribution is -0.620. The number of hydrogen-bond donors (Lipinski definition) is 1. The molecule has 0 fully saturated rings. The second-order valence-corrected chi connectivity index (χ2v) is 0.609. The highest BCUT2D eigenvalue weighted by atomic mass is 17.6. The zero-order chi connectivity index (χ0) is 5.54. The van der Waals surface area contributed by atoms with Crippen LogP contribution in [0.4, 0.5) is 0 Å². The van der Waals surface area contributed by atoms with E-state index in [1.807, 2.05) is 0 Å². The van der Waals surface area contributed by atoms with Gasteiger partial charge in [-0.1, -0.05) is 5.92 Å². The van der Waals surface area contributed by atoms with Gasteiger partial charge in [0.05, 0.1) is 0 Å². The summed E-state index contributed by atoms with van der Waals surface area (Å²) in [6.45, 7) is -0.0550. The Balaban J connectivity index is 2.60. The summed E-state index contributed by atoms with van der Waals surface area (Å²) < 4.78 is 0. The van der Waals surface area contributed by atoms with Crippen LogP contribution < -0.4 is 0 Å². The first kappa shape index (κ1) is 6.40. The van der Waals surface area contributed by atoms with E-state index in [1.54, 1.807) is 0 Å². The predicted octanol–water partition coefficient (Wildman–Crippen LogP) is -0.0276. The van der Waals surface area contributed by atoms with E-state index in [0.29, 0.717) is 0 Å². The Bertz CT molecular complexity index is 63.8. The molecule has 4 heteroatoms. The first-order valence-electron chi connectivity index (χ1n) is 1.45. The van der Waals surface area contributed by atoms with Gasteiger partial charge >= 0.3 is 0 Å². The van der Waals surface area contributed by atoms with Crippen LogP contribution in [0.5, 0.6) is 0 Å². The van der Waals surface area contributed by atoms with Crippen LogP contribution in [0.15, 0.2) is 0 Å². The lowest BCUT2D eigenvalue weighted by Crippen LogP contribution is -1.91. The van der Waals surface area contributed by atoms with Crippen LogP contribution in [0, 0.1) is 12.3 Å². The van der Waals surface area contributed by atoms with Crippen molar-refractivity contribution < 1.29 is 20.2 Å². The fraction of sp³-hybridized carbons (Fsp3) is 0.333. The fourth-order valence-electron chi connectivity index (χ4n) is 0.0796. The highest BCUT2D eigenvalue weighted by molar-refractivity contribution is 4.81. The molecule has 0 saturated heterocycles. The van der Waals surface area contributed by atoms with Crippen LogP contribution in [0.3, 0.4) is 0 Å². The Morgan fingerprint density at radius 1 is 1.71 bits per heavy atom. The molecule has 0 aliphatic heterocycles. The maximum atomic E-state index is 7.38. The van der Waals surface area contributed by atoms with Crippen LogP contribution in [0.1, 0.15) is 0 Å². The van der Waals surface area contributed by atoms with E-state index in [-0.39, 0.29) is 6.61 Å². The van der Waals surface area contributed by atoms with Crippen molar-refractivity contribution in [2.45, 2.75) is 0 Å². The first-order chi connectivity index (χ1) is 3.41. The Morgan fingerprint density at radius 2 is 2.43 bits per heavy atom. The minimum absolute atomic E-state index is 0.0550. The first-order valence-corrected chi connectivity index (χ1v) is 1.45. The third-order valence-corrected chi connectivity index (χ3v) is 0.221. The molecule has 0 heterocycles. The van der Waals surface area contributed by atoms with Crippen molar-refractivity contribution in [3.05, 3.63) is 0 Å². The van der Waals surface area contributed by atoms with Crippen LogP contribution >= 0.6 is 0 Å². The maximum Gasteiger partial charge on any atom is 0.146 e. The number of terminal acetylenes is 1. The van der Waals surface area contributed by atoms with E-state index in [2.05, 4.69) is 27.3 Å². The average Bonchev–Trinajstić information content (AvgIpc) is 1.69. The largest absolute Gasteiger partial charge is 0.219 e. The summed E-state index contributed by atoms with van der Waals surface area (Å²) in [5.41, 5.74) is 0. The molecule has 0 amide bonds. The molecule has 0 rings (SSSR count).